The van der Waals surface area contributed by atoms with E-state index >= 15 is 0 Å². The maximum Gasteiger partial charge on any atom is 0.331 e. The van der Waals surface area contributed by atoms with Gasteiger partial charge in [0.2, 0.25) is 5.79 Å². The summed E-state index contributed by atoms with van der Waals surface area (Å²) in [4.78, 5) is 25.0. The second kappa shape index (κ2) is 8.58. The topological polar surface area (TPSA) is 143 Å². The van der Waals surface area contributed by atoms with Gasteiger partial charge in [0, 0.05) is 16.9 Å². The van der Waals surface area contributed by atoms with Crippen LogP contribution in [-0.4, -0.2) is 81.2 Å². The first-order chi connectivity index (χ1) is 18.5. The predicted octanol–water partition coefficient (Wildman–Crippen LogP) is 1.64. The van der Waals surface area contributed by atoms with Crippen LogP contribution >= 0.6 is 0 Å². The highest BCUT2D eigenvalue weighted by molar-refractivity contribution is 5.85. The van der Waals surface area contributed by atoms with Crippen LogP contribution < -0.4 is 0 Å². The van der Waals surface area contributed by atoms with Crippen molar-refractivity contribution in [2.24, 2.45) is 40.4 Å². The van der Waals surface area contributed by atoms with Gasteiger partial charge < -0.3 is 39.4 Å². The van der Waals surface area contributed by atoms with Crippen molar-refractivity contribution in [1.29, 1.82) is 0 Å². The Bertz CT molecular complexity index is 1090. The van der Waals surface area contributed by atoms with Gasteiger partial charge in [0.15, 0.2) is 0 Å². The van der Waals surface area contributed by atoms with E-state index in [4.69, 9.17) is 14.2 Å². The zero-order chi connectivity index (χ0) is 27.5. The molecule has 1 saturated heterocycles. The fourth-order valence-electron chi connectivity index (χ4n) is 10.7. The Morgan fingerprint density at radius 1 is 1.03 bits per heavy atom. The van der Waals surface area contributed by atoms with Crippen LogP contribution in [0.3, 0.4) is 0 Å². The number of hydrogen-bond donors (Lipinski definition) is 4. The summed E-state index contributed by atoms with van der Waals surface area (Å²) in [5, 5.41) is 45.1. The van der Waals surface area contributed by atoms with Crippen LogP contribution in [0.15, 0.2) is 11.6 Å². The maximum absolute atomic E-state index is 13.2. The van der Waals surface area contributed by atoms with Gasteiger partial charge in [-0.3, -0.25) is 0 Å². The second-order valence-electron chi connectivity index (χ2n) is 14.2. The van der Waals surface area contributed by atoms with E-state index in [1.165, 1.54) is 0 Å². The van der Waals surface area contributed by atoms with E-state index < -0.39 is 46.6 Å². The van der Waals surface area contributed by atoms with Crippen LogP contribution in [0.4, 0.5) is 0 Å². The van der Waals surface area contributed by atoms with E-state index in [1.807, 2.05) is 6.92 Å². The molecular formula is C30H42O9. The normalized spacial score (nSPS) is 58.2. The summed E-state index contributed by atoms with van der Waals surface area (Å²) in [5.41, 5.74) is -1.08. The van der Waals surface area contributed by atoms with E-state index in [0.717, 1.165) is 44.0 Å². The number of ether oxygens (including phenoxy) is 3. The van der Waals surface area contributed by atoms with Crippen molar-refractivity contribution in [2.75, 3.05) is 6.61 Å². The van der Waals surface area contributed by atoms with Crippen molar-refractivity contribution in [3.8, 4) is 0 Å². The molecule has 0 bridgehead atoms. The third kappa shape index (κ3) is 3.35. The molecule has 0 unspecified atom stereocenters. The third-order valence-corrected chi connectivity index (χ3v) is 12.8. The maximum atomic E-state index is 13.2. The highest BCUT2D eigenvalue weighted by Gasteiger charge is 2.70. The molecule has 4 N–H and O–H groups in total. The molecule has 2 aliphatic heterocycles. The van der Waals surface area contributed by atoms with Crippen molar-refractivity contribution >= 4 is 12.3 Å². The van der Waals surface area contributed by atoms with Crippen molar-refractivity contribution in [3.05, 3.63) is 11.6 Å². The van der Waals surface area contributed by atoms with Crippen LogP contribution in [-0.2, 0) is 23.8 Å². The number of aliphatic hydroxyl groups excluding tert-OH is 2. The molecule has 0 aromatic heterocycles. The Kier molecular flexibility index (Phi) is 5.84. The number of aliphatic hydroxyl groups is 4. The molecule has 0 aromatic rings. The summed E-state index contributed by atoms with van der Waals surface area (Å²) in [6.07, 6.45) is 4.47. The number of cyclic esters (lactones) is 1. The fraction of sp³-hybridized carbons (Fsp3) is 0.867. The molecule has 7 rings (SSSR count). The average molecular weight is 547 g/mol. The molecule has 14 atom stereocenters. The molecule has 5 aliphatic carbocycles. The summed E-state index contributed by atoms with van der Waals surface area (Å²) < 4.78 is 17.9. The number of carbonyl (C=O) groups is 2. The molecule has 39 heavy (non-hydrogen) atoms. The summed E-state index contributed by atoms with van der Waals surface area (Å²) in [5.74, 6) is -2.47. The van der Waals surface area contributed by atoms with E-state index in [2.05, 4.69) is 6.92 Å². The van der Waals surface area contributed by atoms with Crippen LogP contribution in [0.2, 0.25) is 0 Å². The van der Waals surface area contributed by atoms with Gasteiger partial charge in [0.05, 0.1) is 23.9 Å². The monoisotopic (exact) mass is 546 g/mol. The molecule has 9 nitrogen and oxygen atoms in total. The summed E-state index contributed by atoms with van der Waals surface area (Å²) >= 11 is 0. The smallest absolute Gasteiger partial charge is 0.331 e. The van der Waals surface area contributed by atoms with Gasteiger partial charge >= 0.3 is 5.97 Å². The lowest BCUT2D eigenvalue weighted by atomic mass is 9.42. The molecule has 5 saturated carbocycles. The summed E-state index contributed by atoms with van der Waals surface area (Å²) in [7, 11) is 0. The van der Waals surface area contributed by atoms with Crippen LogP contribution in [0.1, 0.15) is 71.6 Å². The summed E-state index contributed by atoms with van der Waals surface area (Å²) in [6.45, 7) is 4.28. The predicted molar refractivity (Wildman–Crippen MR) is 136 cm³/mol. The molecule has 0 spiro atoms. The lowest BCUT2D eigenvalue weighted by Crippen LogP contribution is -2.72. The Morgan fingerprint density at radius 2 is 1.82 bits per heavy atom. The van der Waals surface area contributed by atoms with E-state index in [0.29, 0.717) is 32.3 Å². The fourth-order valence-corrected chi connectivity index (χ4v) is 10.7. The highest BCUT2D eigenvalue weighted by atomic mass is 16.7. The van der Waals surface area contributed by atoms with Gasteiger partial charge in [-0.15, -0.1) is 0 Å². The molecule has 2 heterocycles. The largest absolute Gasteiger partial charge is 0.458 e. The van der Waals surface area contributed by atoms with Crippen molar-refractivity contribution < 1.29 is 44.2 Å². The van der Waals surface area contributed by atoms with Crippen molar-refractivity contribution in [1.82, 2.24) is 0 Å². The number of carbonyl (C=O) groups excluding carboxylic acids is 2. The average Bonchev–Trinajstić information content (AvgIpc) is 3.45. The molecule has 0 amide bonds. The Labute approximate surface area is 228 Å². The zero-order valence-electron chi connectivity index (χ0n) is 22.8. The lowest BCUT2D eigenvalue weighted by molar-refractivity contribution is -0.411. The Hall–Kier alpha value is -1.36. The number of esters is 1. The third-order valence-electron chi connectivity index (χ3n) is 12.8. The number of rotatable bonds is 2. The van der Waals surface area contributed by atoms with Crippen LogP contribution in [0.25, 0.3) is 0 Å². The first-order valence-electron chi connectivity index (χ1n) is 14.9. The minimum atomic E-state index is -2.02. The van der Waals surface area contributed by atoms with Gasteiger partial charge in [-0.1, -0.05) is 13.8 Å². The Balaban J connectivity index is 1.18. The standard InChI is InChI=1S/C30H42O9/c1-15-9-23-30(36,26(34)25(15)33)39-22-12-28(14-31)17(11-21(22)38-23)3-4-20-19(28)5-7-27(2)18(6-8-29(20,27)35)16-10-24(32)37-13-16/h10,14-15,17-23,25-26,33-36H,3-9,11-13H2,1-2H3/t15-,17-,18+,19-,20+,21+,22+,23+,25+,26+,27+,28+,29-,30+/m0/s1. The van der Waals surface area contributed by atoms with E-state index in [-0.39, 0.29) is 41.7 Å². The quantitative estimate of drug-likeness (QED) is 0.300. The van der Waals surface area contributed by atoms with Crippen molar-refractivity contribution in [2.45, 2.75) is 114 Å². The highest BCUT2D eigenvalue weighted by Crippen LogP contribution is 2.70. The van der Waals surface area contributed by atoms with Gasteiger partial charge in [-0.05, 0) is 93.0 Å². The van der Waals surface area contributed by atoms with Gasteiger partial charge in [0.1, 0.15) is 25.1 Å². The number of hydrogen-bond acceptors (Lipinski definition) is 9. The minimum Gasteiger partial charge on any atom is -0.458 e. The number of fused-ring (bicyclic) bond motifs is 7. The molecule has 9 heteroatoms. The van der Waals surface area contributed by atoms with Gasteiger partial charge in [-0.25, -0.2) is 4.79 Å². The molecule has 7 aliphatic rings. The molecule has 0 radical (unpaired) electrons. The van der Waals surface area contributed by atoms with Crippen LogP contribution in [0.5, 0.6) is 0 Å². The first kappa shape index (κ1) is 26.5. The molecule has 6 fully saturated rings. The second-order valence-corrected chi connectivity index (χ2v) is 14.2. The van der Waals surface area contributed by atoms with Gasteiger partial charge in [-0.2, -0.15) is 0 Å². The first-order valence-corrected chi connectivity index (χ1v) is 14.9. The van der Waals surface area contributed by atoms with Gasteiger partial charge in [0.25, 0.3) is 0 Å². The van der Waals surface area contributed by atoms with Crippen LogP contribution in [0, 0.1) is 40.4 Å². The molecule has 216 valence electrons. The lowest BCUT2D eigenvalue weighted by Gasteiger charge is -2.65. The van der Waals surface area contributed by atoms with E-state index in [9.17, 15) is 30.0 Å². The molecular weight excluding hydrogens is 504 g/mol. The Morgan fingerprint density at radius 3 is 2.54 bits per heavy atom. The van der Waals surface area contributed by atoms with E-state index in [1.54, 1.807) is 6.08 Å². The SMILES string of the molecule is C[C@H]1C[C@H]2O[C@@H]3C[C@@H]4CC[C@@H]5[C@H](CC[C@]6(C)[C@@H](C7=CC(=O)OC7)CC[C@]56O)[C@@]4(C=O)C[C@H]3O[C@@]2(O)[C@H](O)[C@@H]1O. The zero-order valence-corrected chi connectivity index (χ0v) is 22.8. The minimum absolute atomic E-state index is 0.0279. The van der Waals surface area contributed by atoms with Crippen molar-refractivity contribution in [3.63, 3.8) is 0 Å². The summed E-state index contributed by atoms with van der Waals surface area (Å²) in [6, 6.07) is 0. The molecule has 0 aromatic carbocycles. The number of aldehydes is 1.